The Morgan fingerprint density at radius 3 is 1.68 bits per heavy atom. The van der Waals surface area contributed by atoms with E-state index in [0.717, 1.165) is 55.8 Å². The fourth-order valence-electron chi connectivity index (χ4n) is 8.40. The number of anilines is 3. The second-order valence-electron chi connectivity index (χ2n) is 14.2. The third kappa shape index (κ3) is 5.23. The van der Waals surface area contributed by atoms with E-state index in [0.29, 0.717) is 0 Å². The number of fused-ring (bicyclic) bond motifs is 9. The van der Waals surface area contributed by atoms with Crippen LogP contribution in [0.25, 0.3) is 82.5 Å². The first kappa shape index (κ1) is 31.9. The van der Waals surface area contributed by atoms with E-state index in [2.05, 4.69) is 210 Å². The van der Waals surface area contributed by atoms with Crippen LogP contribution in [0.5, 0.6) is 0 Å². The largest absolute Gasteiger partial charge is 0.310 e. The van der Waals surface area contributed by atoms with Crippen LogP contribution in [0.2, 0.25) is 0 Å². The van der Waals surface area contributed by atoms with Crippen molar-refractivity contribution in [1.82, 2.24) is 14.5 Å². The molecule has 2 heterocycles. The van der Waals surface area contributed by atoms with Gasteiger partial charge in [0.25, 0.3) is 0 Å². The maximum atomic E-state index is 5.29. The molecule has 56 heavy (non-hydrogen) atoms. The zero-order valence-electron chi connectivity index (χ0n) is 30.4. The molecule has 0 saturated carbocycles. The van der Waals surface area contributed by atoms with Crippen molar-refractivity contribution in [2.45, 2.75) is 0 Å². The van der Waals surface area contributed by atoms with Crippen LogP contribution in [0.4, 0.5) is 17.1 Å². The first-order valence-electron chi connectivity index (χ1n) is 19.0. The highest BCUT2D eigenvalue weighted by Gasteiger charge is 2.17. The van der Waals surface area contributed by atoms with E-state index in [4.69, 9.17) is 9.97 Å². The van der Waals surface area contributed by atoms with Crippen LogP contribution < -0.4 is 4.90 Å². The molecular formula is C52H34N4. The molecule has 0 saturated heterocycles. The van der Waals surface area contributed by atoms with Crippen molar-refractivity contribution in [3.63, 3.8) is 0 Å². The Morgan fingerprint density at radius 2 is 0.929 bits per heavy atom. The molecule has 0 unspecified atom stereocenters. The Bertz CT molecular complexity index is 3210. The minimum absolute atomic E-state index is 0.840. The molecule has 4 nitrogen and oxygen atoms in total. The van der Waals surface area contributed by atoms with E-state index in [1.165, 1.54) is 43.7 Å². The van der Waals surface area contributed by atoms with Crippen LogP contribution in [-0.4, -0.2) is 14.5 Å². The van der Waals surface area contributed by atoms with E-state index in [1.54, 1.807) is 0 Å². The first-order valence-corrected chi connectivity index (χ1v) is 19.0. The summed E-state index contributed by atoms with van der Waals surface area (Å²) in [4.78, 5) is 12.6. The van der Waals surface area contributed by atoms with Gasteiger partial charge in [0.15, 0.2) is 0 Å². The maximum Gasteiger partial charge on any atom is 0.0979 e. The zero-order valence-corrected chi connectivity index (χ0v) is 30.4. The van der Waals surface area contributed by atoms with Crippen LogP contribution in [0, 0.1) is 0 Å². The third-order valence-electron chi connectivity index (χ3n) is 11.0. The number of hydrogen-bond donors (Lipinski definition) is 0. The fourth-order valence-corrected chi connectivity index (χ4v) is 8.40. The summed E-state index contributed by atoms with van der Waals surface area (Å²) >= 11 is 0. The lowest BCUT2D eigenvalue weighted by Crippen LogP contribution is -2.09. The SMILES string of the molecule is c1ccc(N(c2ccc(-c3ccc4c(c3)c3ccccc3n4-c3ccccc3)cc2)c2cccc(-c3cnc4c5ccccc5c5ccccc5c4n3)c2)cc1. The second-order valence-corrected chi connectivity index (χ2v) is 14.2. The Labute approximate surface area is 324 Å². The highest BCUT2D eigenvalue weighted by molar-refractivity contribution is 6.23. The molecular weight excluding hydrogens is 681 g/mol. The van der Waals surface area contributed by atoms with E-state index in [1.807, 2.05) is 6.20 Å². The molecule has 0 N–H and O–H groups in total. The van der Waals surface area contributed by atoms with Crippen molar-refractivity contribution in [3.8, 4) is 28.1 Å². The van der Waals surface area contributed by atoms with Crippen molar-refractivity contribution < 1.29 is 0 Å². The summed E-state index contributed by atoms with van der Waals surface area (Å²) < 4.78 is 2.36. The summed E-state index contributed by atoms with van der Waals surface area (Å²) in [5.74, 6) is 0. The van der Waals surface area contributed by atoms with Gasteiger partial charge in [-0.2, -0.15) is 0 Å². The van der Waals surface area contributed by atoms with Gasteiger partial charge in [-0.1, -0.05) is 133 Å². The zero-order chi connectivity index (χ0) is 37.0. The summed E-state index contributed by atoms with van der Waals surface area (Å²) in [6, 6.07) is 71.2. The van der Waals surface area contributed by atoms with Crippen molar-refractivity contribution in [2.75, 3.05) is 4.90 Å². The standard InChI is InChI=1S/C52H34N4/c1-3-15-38(16-4-1)55(41-19-13-14-37(32-41)48-34-53-51-45-23-9-7-20-42(45)43-21-8-10-24-46(43)52(51)54-48)40-29-26-35(27-30-40)36-28-31-50-47(33-36)44-22-11-12-25-49(44)56(50)39-17-5-2-6-18-39/h1-34H. The molecule has 11 aromatic rings. The highest BCUT2D eigenvalue weighted by atomic mass is 15.1. The molecule has 9 aromatic carbocycles. The normalized spacial score (nSPS) is 11.6. The molecule has 0 fully saturated rings. The van der Waals surface area contributed by atoms with Crippen molar-refractivity contribution in [1.29, 1.82) is 0 Å². The first-order chi connectivity index (χ1) is 27.8. The lowest BCUT2D eigenvalue weighted by molar-refractivity contribution is 1.18. The molecule has 0 radical (unpaired) electrons. The molecule has 262 valence electrons. The summed E-state index contributed by atoms with van der Waals surface area (Å²) in [6.45, 7) is 0. The molecule has 0 aliphatic rings. The lowest BCUT2D eigenvalue weighted by Gasteiger charge is -2.26. The van der Waals surface area contributed by atoms with Crippen LogP contribution in [0.1, 0.15) is 0 Å². The minimum Gasteiger partial charge on any atom is -0.310 e. The average Bonchev–Trinajstić information content (AvgIpc) is 3.61. The van der Waals surface area contributed by atoms with Gasteiger partial charge >= 0.3 is 0 Å². The Hall–Kier alpha value is -7.56. The van der Waals surface area contributed by atoms with Gasteiger partial charge in [0.2, 0.25) is 0 Å². The van der Waals surface area contributed by atoms with Gasteiger partial charge in [-0.3, -0.25) is 4.98 Å². The molecule has 0 spiro atoms. The molecule has 2 aromatic heterocycles. The summed E-state index contributed by atoms with van der Waals surface area (Å²) in [5, 5.41) is 7.10. The number of hydrogen-bond acceptors (Lipinski definition) is 3. The predicted molar refractivity (Wildman–Crippen MR) is 234 cm³/mol. The lowest BCUT2D eigenvalue weighted by atomic mass is 9.99. The topological polar surface area (TPSA) is 34.0 Å². The summed E-state index contributed by atoms with van der Waals surface area (Å²) in [7, 11) is 0. The smallest absolute Gasteiger partial charge is 0.0979 e. The van der Waals surface area contributed by atoms with Gasteiger partial charge in [0, 0.05) is 49.9 Å². The minimum atomic E-state index is 0.840. The average molecular weight is 715 g/mol. The quantitative estimate of drug-likeness (QED) is 0.161. The highest BCUT2D eigenvalue weighted by Crippen LogP contribution is 2.40. The van der Waals surface area contributed by atoms with Gasteiger partial charge in [0.1, 0.15) is 0 Å². The fraction of sp³-hybridized carbons (Fsp3) is 0. The summed E-state index contributed by atoms with van der Waals surface area (Å²) in [6.07, 6.45) is 1.92. The molecule has 11 rings (SSSR count). The number of benzene rings is 9. The number of aromatic nitrogens is 3. The van der Waals surface area contributed by atoms with Crippen LogP contribution >= 0.6 is 0 Å². The van der Waals surface area contributed by atoms with Crippen LogP contribution in [0.3, 0.4) is 0 Å². The monoisotopic (exact) mass is 714 g/mol. The van der Waals surface area contributed by atoms with Gasteiger partial charge < -0.3 is 9.47 Å². The summed E-state index contributed by atoms with van der Waals surface area (Å²) in [5.41, 5.74) is 12.8. The third-order valence-corrected chi connectivity index (χ3v) is 11.0. The van der Waals surface area contributed by atoms with Crippen LogP contribution in [0.15, 0.2) is 206 Å². The Balaban J connectivity index is 0.992. The van der Waals surface area contributed by atoms with E-state index in [-0.39, 0.29) is 0 Å². The van der Waals surface area contributed by atoms with Gasteiger partial charge in [-0.25, -0.2) is 4.98 Å². The molecule has 0 amide bonds. The van der Waals surface area contributed by atoms with Gasteiger partial charge in [0.05, 0.1) is 34.0 Å². The van der Waals surface area contributed by atoms with E-state index >= 15 is 0 Å². The van der Waals surface area contributed by atoms with E-state index < -0.39 is 0 Å². The molecule has 0 bridgehead atoms. The number of nitrogens with zero attached hydrogens (tertiary/aromatic N) is 4. The van der Waals surface area contributed by atoms with Crippen molar-refractivity contribution in [2.24, 2.45) is 0 Å². The maximum absolute atomic E-state index is 5.29. The van der Waals surface area contributed by atoms with Crippen molar-refractivity contribution >= 4 is 71.4 Å². The number of para-hydroxylation sites is 3. The van der Waals surface area contributed by atoms with Crippen molar-refractivity contribution in [3.05, 3.63) is 206 Å². The Kier molecular flexibility index (Phi) is 7.46. The van der Waals surface area contributed by atoms with Gasteiger partial charge in [-0.05, 0) is 88.6 Å². The van der Waals surface area contributed by atoms with Crippen LogP contribution in [-0.2, 0) is 0 Å². The molecule has 0 atom stereocenters. The number of rotatable bonds is 6. The predicted octanol–water partition coefficient (Wildman–Crippen LogP) is 13.8. The van der Waals surface area contributed by atoms with Gasteiger partial charge in [-0.15, -0.1) is 0 Å². The molecule has 4 heteroatoms. The molecule has 0 aliphatic carbocycles. The van der Waals surface area contributed by atoms with E-state index in [9.17, 15) is 0 Å². The second kappa shape index (κ2) is 13.1. The molecule has 0 aliphatic heterocycles. The Morgan fingerprint density at radius 1 is 0.357 bits per heavy atom.